The second kappa shape index (κ2) is 10.6. The van der Waals surface area contributed by atoms with Crippen molar-refractivity contribution < 1.29 is 17.9 Å². The molecule has 0 saturated heterocycles. The van der Waals surface area contributed by atoms with Crippen LogP contribution in [0.4, 0.5) is 5.69 Å². The average molecular weight is 560 g/mol. The Kier molecular flexibility index (Phi) is 7.62. The average Bonchev–Trinajstić information content (AvgIpc) is 3.16. The number of amides is 1. The number of sulfonamides is 1. The van der Waals surface area contributed by atoms with E-state index in [0.29, 0.717) is 35.8 Å². The first kappa shape index (κ1) is 24.3. The molecule has 0 bridgehead atoms. The van der Waals surface area contributed by atoms with Crippen molar-refractivity contribution in [2.75, 3.05) is 17.9 Å². The van der Waals surface area contributed by atoms with Gasteiger partial charge in [0, 0.05) is 28.9 Å². The second-order valence-corrected chi connectivity index (χ2v) is 10.9. The first-order valence-electron chi connectivity index (χ1n) is 10.5. The molecule has 0 atom stereocenters. The Hall–Kier alpha value is -2.79. The molecule has 3 aromatic carbocycles. The van der Waals surface area contributed by atoms with Gasteiger partial charge in [0.1, 0.15) is 0 Å². The molecule has 10 heteroatoms. The minimum atomic E-state index is -3.71. The predicted octanol–water partition coefficient (Wildman–Crippen LogP) is 5.04. The zero-order valence-electron chi connectivity index (χ0n) is 18.3. The van der Waals surface area contributed by atoms with E-state index in [9.17, 15) is 13.2 Å². The smallest absolute Gasteiger partial charge is 0.279 e. The predicted molar refractivity (Wildman–Crippen MR) is 138 cm³/mol. The van der Waals surface area contributed by atoms with E-state index < -0.39 is 15.9 Å². The van der Waals surface area contributed by atoms with Gasteiger partial charge in [0.15, 0.2) is 4.80 Å². The number of benzene rings is 3. The monoisotopic (exact) mass is 559 g/mol. The molecule has 0 aliphatic heterocycles. The van der Waals surface area contributed by atoms with E-state index in [1.807, 2.05) is 29.7 Å². The van der Waals surface area contributed by atoms with Gasteiger partial charge in [-0.1, -0.05) is 45.5 Å². The van der Waals surface area contributed by atoms with Crippen LogP contribution in [0.3, 0.4) is 0 Å². The van der Waals surface area contributed by atoms with Gasteiger partial charge in [-0.3, -0.25) is 9.52 Å². The molecule has 0 spiro atoms. The normalized spacial score (nSPS) is 12.2. The van der Waals surface area contributed by atoms with Crippen molar-refractivity contribution >= 4 is 59.1 Å². The Bertz CT molecular complexity index is 1480. The molecule has 1 amide bonds. The molecule has 0 radical (unpaired) electrons. The summed E-state index contributed by atoms with van der Waals surface area (Å²) < 4.78 is 37.0. The summed E-state index contributed by atoms with van der Waals surface area (Å²) in [6.07, 6.45) is 0. The molecule has 4 aromatic rings. The van der Waals surface area contributed by atoms with Crippen molar-refractivity contribution in [3.05, 3.63) is 87.6 Å². The largest absolute Gasteiger partial charge is 0.380 e. The minimum Gasteiger partial charge on any atom is -0.380 e. The van der Waals surface area contributed by atoms with Gasteiger partial charge in [0.05, 0.1) is 21.7 Å². The molecule has 0 fully saturated rings. The second-order valence-electron chi connectivity index (χ2n) is 7.26. The van der Waals surface area contributed by atoms with Crippen LogP contribution in [0.2, 0.25) is 0 Å². The summed E-state index contributed by atoms with van der Waals surface area (Å²) in [4.78, 5) is 18.0. The summed E-state index contributed by atoms with van der Waals surface area (Å²) in [6, 6.07) is 20.2. The number of ether oxygens (including phenoxy) is 1. The highest BCUT2D eigenvalue weighted by Crippen LogP contribution is 2.22. The number of aromatic nitrogens is 1. The van der Waals surface area contributed by atoms with Crippen LogP contribution in [-0.2, 0) is 21.3 Å². The quantitative estimate of drug-likeness (QED) is 0.306. The number of rotatable bonds is 8. The number of nitrogens with one attached hydrogen (secondary N) is 1. The van der Waals surface area contributed by atoms with Crippen LogP contribution in [0.25, 0.3) is 10.2 Å². The van der Waals surface area contributed by atoms with Crippen LogP contribution >= 0.6 is 27.3 Å². The van der Waals surface area contributed by atoms with E-state index in [2.05, 4.69) is 25.6 Å². The highest BCUT2D eigenvalue weighted by molar-refractivity contribution is 9.10. The molecular formula is C24H22BrN3O4S2. The summed E-state index contributed by atoms with van der Waals surface area (Å²) in [5.41, 5.74) is 1.70. The number of anilines is 1. The zero-order valence-corrected chi connectivity index (χ0v) is 21.5. The molecule has 0 aliphatic carbocycles. The summed E-state index contributed by atoms with van der Waals surface area (Å²) in [5, 5.41) is 0. The lowest BCUT2D eigenvalue weighted by atomic mass is 10.2. The van der Waals surface area contributed by atoms with Gasteiger partial charge in [-0.15, -0.1) is 0 Å². The van der Waals surface area contributed by atoms with E-state index >= 15 is 0 Å². The fourth-order valence-electron chi connectivity index (χ4n) is 3.29. The van der Waals surface area contributed by atoms with Gasteiger partial charge in [0.25, 0.3) is 15.9 Å². The van der Waals surface area contributed by atoms with E-state index in [-0.39, 0.29) is 4.90 Å². The van der Waals surface area contributed by atoms with Gasteiger partial charge in [-0.05, 0) is 61.5 Å². The van der Waals surface area contributed by atoms with Crippen LogP contribution in [-0.4, -0.2) is 32.1 Å². The highest BCUT2D eigenvalue weighted by Gasteiger charge is 2.14. The standard InChI is InChI=1S/C24H22BrN3O4S2/c1-2-32-15-14-28-21-13-10-18(25)16-22(21)33-24(28)26-23(29)17-8-11-19(12-9-17)27-34(30,31)20-6-4-3-5-7-20/h3-13,16,27H,2,14-15H2,1H3. The first-order valence-corrected chi connectivity index (χ1v) is 13.6. The lowest BCUT2D eigenvalue weighted by Crippen LogP contribution is -2.19. The van der Waals surface area contributed by atoms with Crippen LogP contribution in [0, 0.1) is 0 Å². The van der Waals surface area contributed by atoms with E-state index in [1.165, 1.54) is 23.5 Å². The Morgan fingerprint density at radius 3 is 2.53 bits per heavy atom. The van der Waals surface area contributed by atoms with Crippen molar-refractivity contribution in [1.82, 2.24) is 4.57 Å². The third kappa shape index (κ3) is 5.64. The lowest BCUT2D eigenvalue weighted by molar-refractivity contribution is 0.0996. The van der Waals surface area contributed by atoms with Gasteiger partial charge in [-0.25, -0.2) is 8.42 Å². The fourth-order valence-corrected chi connectivity index (χ4v) is 5.98. The molecule has 7 nitrogen and oxygen atoms in total. The number of halogens is 1. The minimum absolute atomic E-state index is 0.165. The van der Waals surface area contributed by atoms with E-state index in [4.69, 9.17) is 4.74 Å². The fraction of sp³-hybridized carbons (Fsp3) is 0.167. The molecule has 176 valence electrons. The van der Waals surface area contributed by atoms with Crippen molar-refractivity contribution in [3.63, 3.8) is 0 Å². The van der Waals surface area contributed by atoms with Crippen LogP contribution < -0.4 is 9.52 Å². The molecule has 0 aliphatic rings. The van der Waals surface area contributed by atoms with Crippen molar-refractivity contribution in [3.8, 4) is 0 Å². The Morgan fingerprint density at radius 1 is 1.09 bits per heavy atom. The van der Waals surface area contributed by atoms with Crippen LogP contribution in [0.1, 0.15) is 17.3 Å². The van der Waals surface area contributed by atoms with Crippen molar-refractivity contribution in [2.45, 2.75) is 18.4 Å². The Labute approximate surface area is 209 Å². The zero-order chi connectivity index (χ0) is 24.1. The van der Waals surface area contributed by atoms with Gasteiger partial charge >= 0.3 is 0 Å². The van der Waals surface area contributed by atoms with E-state index in [0.717, 1.165) is 14.7 Å². The third-order valence-corrected chi connectivity index (χ3v) is 7.87. The number of thiazole rings is 1. The van der Waals surface area contributed by atoms with Crippen LogP contribution in [0.15, 0.2) is 87.2 Å². The number of nitrogens with zero attached hydrogens (tertiary/aromatic N) is 2. The Morgan fingerprint density at radius 2 is 1.82 bits per heavy atom. The van der Waals surface area contributed by atoms with Gasteiger partial charge < -0.3 is 9.30 Å². The van der Waals surface area contributed by atoms with Gasteiger partial charge in [0.2, 0.25) is 0 Å². The third-order valence-electron chi connectivity index (χ3n) is 4.94. The SMILES string of the molecule is CCOCCn1c(=NC(=O)c2ccc(NS(=O)(=O)c3ccccc3)cc2)sc2cc(Br)ccc21. The number of hydrogen-bond acceptors (Lipinski definition) is 5. The first-order chi connectivity index (χ1) is 16.4. The maximum absolute atomic E-state index is 12.9. The lowest BCUT2D eigenvalue weighted by Gasteiger charge is -2.08. The number of fused-ring (bicyclic) bond motifs is 1. The van der Waals surface area contributed by atoms with Crippen LogP contribution in [0.5, 0.6) is 0 Å². The number of carbonyl (C=O) groups excluding carboxylic acids is 1. The van der Waals surface area contributed by atoms with Crippen molar-refractivity contribution in [1.29, 1.82) is 0 Å². The van der Waals surface area contributed by atoms with Crippen molar-refractivity contribution in [2.24, 2.45) is 4.99 Å². The maximum atomic E-state index is 12.9. The van der Waals surface area contributed by atoms with E-state index in [1.54, 1.807) is 42.5 Å². The topological polar surface area (TPSA) is 89.8 Å². The molecule has 4 rings (SSSR count). The van der Waals surface area contributed by atoms with Gasteiger partial charge in [-0.2, -0.15) is 4.99 Å². The molecule has 1 heterocycles. The highest BCUT2D eigenvalue weighted by atomic mass is 79.9. The maximum Gasteiger partial charge on any atom is 0.279 e. The number of hydrogen-bond donors (Lipinski definition) is 1. The molecular weight excluding hydrogens is 538 g/mol. The summed E-state index contributed by atoms with van der Waals surface area (Å²) in [5.74, 6) is -0.409. The molecule has 1 aromatic heterocycles. The Balaban J connectivity index is 1.60. The number of carbonyl (C=O) groups is 1. The summed E-state index contributed by atoms with van der Waals surface area (Å²) in [6.45, 7) is 3.63. The molecule has 0 unspecified atom stereocenters. The molecule has 34 heavy (non-hydrogen) atoms. The summed E-state index contributed by atoms with van der Waals surface area (Å²) in [7, 11) is -3.71. The molecule has 1 N–H and O–H groups in total. The summed E-state index contributed by atoms with van der Waals surface area (Å²) >= 11 is 4.91. The molecule has 0 saturated carbocycles.